The highest BCUT2D eigenvalue weighted by atomic mass is 35.5. The van der Waals surface area contributed by atoms with E-state index in [0.717, 1.165) is 48.7 Å². The molecule has 1 aliphatic rings. The van der Waals surface area contributed by atoms with Crippen LogP contribution < -0.4 is 5.43 Å². The van der Waals surface area contributed by atoms with Gasteiger partial charge in [0.05, 0.1) is 16.9 Å². The van der Waals surface area contributed by atoms with Gasteiger partial charge in [0.25, 0.3) is 5.91 Å². The summed E-state index contributed by atoms with van der Waals surface area (Å²) in [6, 6.07) is 26.2. The Kier molecular flexibility index (Phi) is 7.03. The van der Waals surface area contributed by atoms with E-state index in [4.69, 9.17) is 11.6 Å². The summed E-state index contributed by atoms with van der Waals surface area (Å²) < 4.78 is 2.09. The first-order chi connectivity index (χ1) is 17.5. The molecule has 0 saturated heterocycles. The third kappa shape index (κ3) is 5.13. The van der Waals surface area contributed by atoms with Crippen LogP contribution in [0.4, 0.5) is 0 Å². The molecule has 0 atom stereocenters. The number of benzene rings is 3. The summed E-state index contributed by atoms with van der Waals surface area (Å²) in [5.74, 6) is -0.232. The van der Waals surface area contributed by atoms with E-state index in [1.165, 1.54) is 16.7 Å². The van der Waals surface area contributed by atoms with Crippen LogP contribution in [-0.2, 0) is 19.5 Å². The molecule has 0 aliphatic carbocycles. The molecule has 1 N–H and O–H groups in total. The molecule has 3 aromatic carbocycles. The number of fused-ring (bicyclic) bond motifs is 1. The van der Waals surface area contributed by atoms with Gasteiger partial charge in [0.2, 0.25) is 0 Å². The number of hydrazone groups is 1. The van der Waals surface area contributed by atoms with Crippen molar-refractivity contribution in [1.29, 1.82) is 0 Å². The number of hydrogen-bond acceptors (Lipinski definition) is 3. The van der Waals surface area contributed by atoms with Gasteiger partial charge < -0.3 is 4.57 Å². The molecule has 6 heteroatoms. The number of nitrogens with zero attached hydrogens (tertiary/aromatic N) is 3. The second-order valence-electron chi connectivity index (χ2n) is 9.24. The molecule has 5 nitrogen and oxygen atoms in total. The number of aryl methyl sites for hydroxylation is 1. The zero-order chi connectivity index (χ0) is 25.1. The third-order valence-corrected chi connectivity index (χ3v) is 7.08. The van der Waals surface area contributed by atoms with Crippen molar-refractivity contribution in [1.82, 2.24) is 14.9 Å². The summed E-state index contributed by atoms with van der Waals surface area (Å²) in [7, 11) is 0. The van der Waals surface area contributed by atoms with Gasteiger partial charge in [-0.3, -0.25) is 9.69 Å². The molecule has 36 heavy (non-hydrogen) atoms. The third-order valence-electron chi connectivity index (χ3n) is 6.77. The summed E-state index contributed by atoms with van der Waals surface area (Å²) in [5, 5.41) is 4.89. The number of carbonyl (C=O) groups is 1. The first-order valence-corrected chi connectivity index (χ1v) is 12.5. The van der Waals surface area contributed by atoms with Crippen molar-refractivity contribution in [3.05, 3.63) is 123 Å². The number of hydrogen-bond donors (Lipinski definition) is 1. The van der Waals surface area contributed by atoms with E-state index in [1.54, 1.807) is 6.21 Å². The molecule has 0 spiro atoms. The van der Waals surface area contributed by atoms with Gasteiger partial charge in [-0.15, -0.1) is 0 Å². The molecule has 0 saturated carbocycles. The molecule has 5 rings (SSSR count). The zero-order valence-corrected chi connectivity index (χ0v) is 21.3. The van der Waals surface area contributed by atoms with Gasteiger partial charge in [-0.25, -0.2) is 5.43 Å². The molecule has 2 heterocycles. The standard InChI is InChI=1S/C30H29ClN4O/c1-21-17-27(22(2)35(21)29-10-6-5-9-28(29)31)18-32-33-30(36)25-13-11-23(12-14-25)19-34-16-15-24-7-3-4-8-26(24)20-34/h3-14,17-18H,15-16,19-20H2,1-2H3,(H,33,36)/b32-18+. The van der Waals surface area contributed by atoms with Crippen molar-refractivity contribution in [2.75, 3.05) is 6.54 Å². The van der Waals surface area contributed by atoms with Crippen LogP contribution in [0.2, 0.25) is 5.02 Å². The highest BCUT2D eigenvalue weighted by Crippen LogP contribution is 2.26. The lowest BCUT2D eigenvalue weighted by Gasteiger charge is -2.28. The predicted octanol–water partition coefficient (Wildman–Crippen LogP) is 6.07. The smallest absolute Gasteiger partial charge is 0.271 e. The molecule has 0 radical (unpaired) electrons. The number of rotatable bonds is 6. The van der Waals surface area contributed by atoms with E-state index in [1.807, 2.05) is 68.4 Å². The number of amides is 1. The first kappa shape index (κ1) is 24.0. The quantitative estimate of drug-likeness (QED) is 0.260. The summed E-state index contributed by atoms with van der Waals surface area (Å²) in [4.78, 5) is 15.1. The average molecular weight is 497 g/mol. The lowest BCUT2D eigenvalue weighted by atomic mass is 9.99. The fraction of sp³-hybridized carbons (Fsp3) is 0.200. The fourth-order valence-corrected chi connectivity index (χ4v) is 5.08. The molecule has 1 aliphatic heterocycles. The van der Waals surface area contributed by atoms with Crippen LogP contribution in [0.25, 0.3) is 5.69 Å². The number of carbonyl (C=O) groups excluding carboxylic acids is 1. The highest BCUT2D eigenvalue weighted by molar-refractivity contribution is 6.32. The molecule has 1 aromatic heterocycles. The Hall–Kier alpha value is -3.67. The van der Waals surface area contributed by atoms with Crippen molar-refractivity contribution in [3.8, 4) is 5.69 Å². The monoisotopic (exact) mass is 496 g/mol. The van der Waals surface area contributed by atoms with Gasteiger partial charge in [-0.1, -0.05) is 60.1 Å². The normalized spacial score (nSPS) is 13.6. The van der Waals surface area contributed by atoms with Gasteiger partial charge in [0.1, 0.15) is 0 Å². The fourth-order valence-electron chi connectivity index (χ4n) is 4.86. The number of aromatic nitrogens is 1. The van der Waals surface area contributed by atoms with Gasteiger partial charge in [0.15, 0.2) is 0 Å². The molecular weight excluding hydrogens is 468 g/mol. The second-order valence-corrected chi connectivity index (χ2v) is 9.65. The number of halogens is 1. The van der Waals surface area contributed by atoms with Gasteiger partial charge in [0, 0.05) is 42.1 Å². The summed E-state index contributed by atoms with van der Waals surface area (Å²) >= 11 is 6.40. The van der Waals surface area contributed by atoms with Crippen molar-refractivity contribution in [2.45, 2.75) is 33.4 Å². The Labute approximate surface area is 217 Å². The highest BCUT2D eigenvalue weighted by Gasteiger charge is 2.16. The molecule has 182 valence electrons. The SMILES string of the molecule is Cc1cc(/C=N/NC(=O)c2ccc(CN3CCc4ccccc4C3)cc2)c(C)n1-c1ccccc1Cl. The van der Waals surface area contributed by atoms with E-state index in [2.05, 4.69) is 44.3 Å². The molecule has 0 unspecified atom stereocenters. The second kappa shape index (κ2) is 10.5. The maximum atomic E-state index is 12.6. The molecule has 0 bridgehead atoms. The van der Waals surface area contributed by atoms with Crippen molar-refractivity contribution in [3.63, 3.8) is 0 Å². The van der Waals surface area contributed by atoms with E-state index in [-0.39, 0.29) is 5.91 Å². The van der Waals surface area contributed by atoms with Crippen molar-refractivity contribution >= 4 is 23.7 Å². The van der Waals surface area contributed by atoms with Crippen LogP contribution in [0.1, 0.15) is 44.0 Å². The van der Waals surface area contributed by atoms with Crippen LogP contribution in [0, 0.1) is 13.8 Å². The summed E-state index contributed by atoms with van der Waals surface area (Å²) in [6.45, 7) is 6.92. The summed E-state index contributed by atoms with van der Waals surface area (Å²) in [5.41, 5.74) is 11.2. The molecule has 4 aromatic rings. The van der Waals surface area contributed by atoms with Crippen LogP contribution in [0.5, 0.6) is 0 Å². The van der Waals surface area contributed by atoms with Crippen LogP contribution in [0.15, 0.2) is 84.0 Å². The Morgan fingerprint density at radius 3 is 2.50 bits per heavy atom. The lowest BCUT2D eigenvalue weighted by molar-refractivity contribution is 0.0955. The van der Waals surface area contributed by atoms with E-state index < -0.39 is 0 Å². The molecular formula is C30H29ClN4O. The van der Waals surface area contributed by atoms with Crippen LogP contribution >= 0.6 is 11.6 Å². The van der Waals surface area contributed by atoms with Gasteiger partial charge >= 0.3 is 0 Å². The minimum absolute atomic E-state index is 0.232. The Balaban J connectivity index is 1.20. The zero-order valence-electron chi connectivity index (χ0n) is 20.5. The summed E-state index contributed by atoms with van der Waals surface area (Å²) in [6.07, 6.45) is 2.76. The Morgan fingerprint density at radius 1 is 1.00 bits per heavy atom. The molecule has 1 amide bonds. The number of para-hydroxylation sites is 1. The van der Waals surface area contributed by atoms with Crippen LogP contribution in [0.3, 0.4) is 0 Å². The van der Waals surface area contributed by atoms with E-state index in [0.29, 0.717) is 10.6 Å². The van der Waals surface area contributed by atoms with Gasteiger partial charge in [-0.2, -0.15) is 5.10 Å². The lowest BCUT2D eigenvalue weighted by Crippen LogP contribution is -2.30. The number of nitrogens with one attached hydrogen (secondary N) is 1. The van der Waals surface area contributed by atoms with Gasteiger partial charge in [-0.05, 0) is 67.3 Å². The topological polar surface area (TPSA) is 49.6 Å². The Bertz CT molecular complexity index is 1420. The van der Waals surface area contributed by atoms with E-state index in [9.17, 15) is 4.79 Å². The van der Waals surface area contributed by atoms with Crippen molar-refractivity contribution in [2.24, 2.45) is 5.10 Å². The maximum absolute atomic E-state index is 12.6. The minimum atomic E-state index is -0.232. The largest absolute Gasteiger partial charge is 0.316 e. The first-order valence-electron chi connectivity index (χ1n) is 12.1. The van der Waals surface area contributed by atoms with Crippen molar-refractivity contribution < 1.29 is 4.79 Å². The minimum Gasteiger partial charge on any atom is -0.316 e. The average Bonchev–Trinajstić information content (AvgIpc) is 3.17. The maximum Gasteiger partial charge on any atom is 0.271 e. The Morgan fingerprint density at radius 2 is 1.72 bits per heavy atom. The molecule has 0 fully saturated rings. The predicted molar refractivity (Wildman–Crippen MR) is 146 cm³/mol. The van der Waals surface area contributed by atoms with Crippen LogP contribution in [-0.4, -0.2) is 28.1 Å². The van der Waals surface area contributed by atoms with E-state index >= 15 is 0 Å².